The minimum absolute atomic E-state index is 0.0708. The molecule has 0 unspecified atom stereocenters. The van der Waals surface area contributed by atoms with Crippen LogP contribution in [0.4, 0.5) is 13.2 Å². The Morgan fingerprint density at radius 2 is 1.66 bits per heavy atom. The third-order valence-corrected chi connectivity index (χ3v) is 5.06. The van der Waals surface area contributed by atoms with Crippen molar-refractivity contribution >= 4 is 16.9 Å². The third kappa shape index (κ3) is 4.14. The summed E-state index contributed by atoms with van der Waals surface area (Å²) < 4.78 is 43.7. The molecule has 0 saturated heterocycles. The molecule has 164 valence electrons. The Hall–Kier alpha value is -3.88. The first-order valence-corrected chi connectivity index (χ1v) is 9.79. The Morgan fingerprint density at radius 3 is 2.28 bits per heavy atom. The molecule has 1 N–H and O–H groups in total. The van der Waals surface area contributed by atoms with Gasteiger partial charge in [-0.1, -0.05) is 60.7 Å². The molecule has 0 aliphatic rings. The molecule has 0 fully saturated rings. The Labute approximate surface area is 180 Å². The number of carbonyl (C=O) groups is 1. The van der Waals surface area contributed by atoms with Crippen LogP contribution >= 0.6 is 0 Å². The van der Waals surface area contributed by atoms with Crippen LogP contribution in [0.2, 0.25) is 0 Å². The minimum Gasteiger partial charge on any atom is -0.350 e. The Bertz CT molecular complexity index is 1330. The number of hydrogen-bond donors (Lipinski definition) is 1. The summed E-state index contributed by atoms with van der Waals surface area (Å²) in [6.07, 6.45) is -4.77. The van der Waals surface area contributed by atoms with E-state index < -0.39 is 29.8 Å². The van der Waals surface area contributed by atoms with Crippen LogP contribution < -0.4 is 10.9 Å². The van der Waals surface area contributed by atoms with Gasteiger partial charge in [0.15, 0.2) is 0 Å². The number of aryl methyl sites for hydroxylation is 1. The maximum absolute atomic E-state index is 13.8. The molecule has 0 bridgehead atoms. The van der Waals surface area contributed by atoms with Crippen LogP contribution in [0.1, 0.15) is 11.1 Å². The van der Waals surface area contributed by atoms with Gasteiger partial charge in [0, 0.05) is 25.2 Å². The molecule has 0 atom stereocenters. The number of halogens is 3. The van der Waals surface area contributed by atoms with Gasteiger partial charge in [-0.15, -0.1) is 0 Å². The smallest absolute Gasteiger partial charge is 0.350 e. The summed E-state index contributed by atoms with van der Waals surface area (Å²) in [4.78, 5) is 25.2. The highest BCUT2D eigenvalue weighted by atomic mass is 19.4. The average molecular weight is 440 g/mol. The highest BCUT2D eigenvalue weighted by Crippen LogP contribution is 2.38. The van der Waals surface area contributed by atoms with Crippen LogP contribution in [-0.4, -0.2) is 20.3 Å². The van der Waals surface area contributed by atoms with Crippen molar-refractivity contribution in [2.75, 3.05) is 0 Å². The normalized spacial score (nSPS) is 11.6. The molecule has 0 aliphatic carbocycles. The lowest BCUT2D eigenvalue weighted by atomic mass is 10.0. The van der Waals surface area contributed by atoms with Crippen LogP contribution in [0.3, 0.4) is 0 Å². The molecular weight excluding hydrogens is 421 g/mol. The molecule has 4 aromatic rings. The van der Waals surface area contributed by atoms with E-state index in [0.717, 1.165) is 10.1 Å². The van der Waals surface area contributed by atoms with Crippen molar-refractivity contribution in [2.45, 2.75) is 19.3 Å². The molecule has 0 spiro atoms. The van der Waals surface area contributed by atoms with Crippen LogP contribution in [0.25, 0.3) is 22.3 Å². The maximum Gasteiger partial charge on any atom is 0.417 e. The first-order valence-electron chi connectivity index (χ1n) is 9.79. The summed E-state index contributed by atoms with van der Waals surface area (Å²) in [7, 11) is 1.45. The van der Waals surface area contributed by atoms with Gasteiger partial charge in [-0.05, 0) is 5.56 Å². The lowest BCUT2D eigenvalue weighted by Crippen LogP contribution is -2.33. The molecule has 4 rings (SSSR count). The van der Waals surface area contributed by atoms with Crippen LogP contribution in [0.5, 0.6) is 0 Å². The first kappa shape index (κ1) is 21.4. The van der Waals surface area contributed by atoms with Crippen molar-refractivity contribution in [3.8, 4) is 11.3 Å². The summed E-state index contributed by atoms with van der Waals surface area (Å²) >= 11 is 0. The number of pyridine rings is 1. The largest absolute Gasteiger partial charge is 0.417 e. The van der Waals surface area contributed by atoms with E-state index in [1.165, 1.54) is 11.7 Å². The molecule has 1 amide bonds. The monoisotopic (exact) mass is 440 g/mol. The molecular formula is C23H19F3N4O2. The molecule has 9 heteroatoms. The lowest BCUT2D eigenvalue weighted by molar-refractivity contribution is -0.136. The van der Waals surface area contributed by atoms with E-state index in [1.54, 1.807) is 30.3 Å². The summed E-state index contributed by atoms with van der Waals surface area (Å²) in [6, 6.07) is 18.1. The number of aromatic nitrogens is 3. The number of fused-ring (bicyclic) bond motifs is 1. The summed E-state index contributed by atoms with van der Waals surface area (Å²) in [5.41, 5.74) is -0.653. The minimum atomic E-state index is -4.77. The third-order valence-electron chi connectivity index (χ3n) is 5.06. The van der Waals surface area contributed by atoms with Gasteiger partial charge in [0.2, 0.25) is 5.91 Å². The number of hydrogen-bond acceptors (Lipinski definition) is 3. The van der Waals surface area contributed by atoms with Crippen LogP contribution in [0, 0.1) is 0 Å². The van der Waals surface area contributed by atoms with Crippen molar-refractivity contribution in [2.24, 2.45) is 7.05 Å². The van der Waals surface area contributed by atoms with E-state index in [-0.39, 0.29) is 23.3 Å². The Morgan fingerprint density at radius 1 is 1.03 bits per heavy atom. The second-order valence-electron chi connectivity index (χ2n) is 7.28. The van der Waals surface area contributed by atoms with Crippen molar-refractivity contribution in [1.82, 2.24) is 19.7 Å². The first-order chi connectivity index (χ1) is 15.3. The highest BCUT2D eigenvalue weighted by molar-refractivity contribution is 5.95. The van der Waals surface area contributed by atoms with Gasteiger partial charge in [0.05, 0.1) is 10.9 Å². The van der Waals surface area contributed by atoms with Crippen LogP contribution in [0.15, 0.2) is 71.5 Å². The number of benzene rings is 2. The molecule has 2 aromatic heterocycles. The fraction of sp³-hybridized carbons (Fsp3) is 0.174. The molecule has 2 aromatic carbocycles. The SMILES string of the molecule is Cn1nc(-c2ccccc2)c2c(C(F)(F)F)cc(=O)n(CC(=O)NCc3ccccc3)c21. The summed E-state index contributed by atoms with van der Waals surface area (Å²) in [6.45, 7) is -0.201. The van der Waals surface area contributed by atoms with Gasteiger partial charge in [0.1, 0.15) is 17.9 Å². The molecule has 0 radical (unpaired) electrons. The zero-order valence-electron chi connectivity index (χ0n) is 17.1. The van der Waals surface area contributed by atoms with E-state index in [9.17, 15) is 22.8 Å². The summed E-state index contributed by atoms with van der Waals surface area (Å²) in [5.74, 6) is -0.500. The fourth-order valence-electron chi connectivity index (χ4n) is 3.62. The number of rotatable bonds is 5. The van der Waals surface area contributed by atoms with Gasteiger partial charge in [-0.3, -0.25) is 18.8 Å². The van der Waals surface area contributed by atoms with Crippen molar-refractivity contribution < 1.29 is 18.0 Å². The number of carbonyl (C=O) groups excluding carboxylic acids is 1. The Kier molecular flexibility index (Phi) is 5.56. The standard InChI is InChI=1S/C23H19F3N4O2/c1-29-22-20(21(28-29)16-10-6-3-7-11-16)17(23(24,25)26)12-19(32)30(22)14-18(31)27-13-15-8-4-2-5-9-15/h2-12H,13-14H2,1H3,(H,27,31). The van der Waals surface area contributed by atoms with Gasteiger partial charge in [-0.25, -0.2) is 0 Å². The summed E-state index contributed by atoms with van der Waals surface area (Å²) in [5, 5.41) is 6.73. The maximum atomic E-state index is 13.8. The Balaban J connectivity index is 1.80. The zero-order valence-corrected chi connectivity index (χ0v) is 17.1. The van der Waals surface area contributed by atoms with E-state index in [1.807, 2.05) is 30.3 Å². The number of alkyl halides is 3. The van der Waals surface area contributed by atoms with Crippen LogP contribution in [-0.2, 0) is 31.1 Å². The molecule has 0 saturated carbocycles. The van der Waals surface area contributed by atoms with Crippen molar-refractivity contribution in [1.29, 1.82) is 0 Å². The van der Waals surface area contributed by atoms with Crippen molar-refractivity contribution in [3.05, 3.63) is 88.2 Å². The molecule has 2 heterocycles. The number of nitrogens with one attached hydrogen (secondary N) is 1. The fourth-order valence-corrected chi connectivity index (χ4v) is 3.62. The lowest BCUT2D eigenvalue weighted by Gasteiger charge is -2.14. The zero-order chi connectivity index (χ0) is 22.9. The van der Waals surface area contributed by atoms with Gasteiger partial charge >= 0.3 is 6.18 Å². The quantitative estimate of drug-likeness (QED) is 0.514. The van der Waals surface area contributed by atoms with Gasteiger partial charge in [0.25, 0.3) is 5.56 Å². The van der Waals surface area contributed by atoms with Crippen molar-refractivity contribution in [3.63, 3.8) is 0 Å². The van der Waals surface area contributed by atoms with E-state index in [2.05, 4.69) is 10.4 Å². The second kappa shape index (κ2) is 8.33. The predicted octanol–water partition coefficient (Wildman–Crippen LogP) is 3.74. The molecule has 6 nitrogen and oxygen atoms in total. The van der Waals surface area contributed by atoms with Gasteiger partial charge < -0.3 is 5.32 Å². The topological polar surface area (TPSA) is 68.9 Å². The highest BCUT2D eigenvalue weighted by Gasteiger charge is 2.36. The van der Waals surface area contributed by atoms with E-state index >= 15 is 0 Å². The molecule has 32 heavy (non-hydrogen) atoms. The van der Waals surface area contributed by atoms with E-state index in [0.29, 0.717) is 11.6 Å². The van der Waals surface area contributed by atoms with E-state index in [4.69, 9.17) is 0 Å². The average Bonchev–Trinajstić information content (AvgIpc) is 3.11. The number of amides is 1. The van der Waals surface area contributed by atoms with Gasteiger partial charge in [-0.2, -0.15) is 18.3 Å². The molecule has 0 aliphatic heterocycles. The number of nitrogens with zero attached hydrogens (tertiary/aromatic N) is 3. The second-order valence-corrected chi connectivity index (χ2v) is 7.28. The predicted molar refractivity (Wildman–Crippen MR) is 114 cm³/mol.